The number of anilines is 1. The molecule has 0 aliphatic rings. The van der Waals surface area contributed by atoms with Crippen molar-refractivity contribution in [2.45, 2.75) is 20.0 Å². The van der Waals surface area contributed by atoms with Crippen molar-refractivity contribution in [1.82, 2.24) is 19.6 Å². The summed E-state index contributed by atoms with van der Waals surface area (Å²) in [7, 11) is 0. The number of hydrogen-bond acceptors (Lipinski definition) is 3. The second kappa shape index (κ2) is 6.96. The zero-order valence-corrected chi connectivity index (χ0v) is 14.5. The molecule has 24 heavy (non-hydrogen) atoms. The van der Waals surface area contributed by atoms with Crippen molar-refractivity contribution in [3.05, 3.63) is 64.3 Å². The van der Waals surface area contributed by atoms with Gasteiger partial charge >= 0.3 is 0 Å². The molecule has 0 atom stereocenters. The van der Waals surface area contributed by atoms with Crippen LogP contribution in [0.5, 0.6) is 0 Å². The molecule has 0 unspecified atom stereocenters. The zero-order valence-electron chi connectivity index (χ0n) is 12.9. The number of amides is 1. The highest BCUT2D eigenvalue weighted by atomic mass is 79.9. The molecular weight excluding hydrogens is 377 g/mol. The van der Waals surface area contributed by atoms with E-state index >= 15 is 0 Å². The molecule has 0 aliphatic heterocycles. The van der Waals surface area contributed by atoms with Gasteiger partial charge in [-0.25, -0.2) is 4.39 Å². The van der Waals surface area contributed by atoms with Crippen molar-refractivity contribution in [3.63, 3.8) is 0 Å². The Labute approximate surface area is 146 Å². The number of carbonyl (C=O) groups is 1. The van der Waals surface area contributed by atoms with Gasteiger partial charge in [0.25, 0.3) is 5.91 Å². The van der Waals surface area contributed by atoms with E-state index in [2.05, 4.69) is 31.4 Å². The van der Waals surface area contributed by atoms with Crippen LogP contribution in [0.3, 0.4) is 0 Å². The third kappa shape index (κ3) is 3.38. The number of carbonyl (C=O) groups excluding carboxylic acids is 1. The predicted molar refractivity (Wildman–Crippen MR) is 91.3 cm³/mol. The normalized spacial score (nSPS) is 10.8. The average Bonchev–Trinajstić information content (AvgIpc) is 3.16. The zero-order chi connectivity index (χ0) is 17.1. The number of benzene rings is 1. The maximum atomic E-state index is 13.7. The van der Waals surface area contributed by atoms with Gasteiger partial charge in [-0.15, -0.1) is 0 Å². The Morgan fingerprint density at radius 2 is 2.12 bits per heavy atom. The van der Waals surface area contributed by atoms with E-state index in [0.717, 1.165) is 0 Å². The molecule has 124 valence electrons. The van der Waals surface area contributed by atoms with Gasteiger partial charge < -0.3 is 5.32 Å². The van der Waals surface area contributed by atoms with Gasteiger partial charge in [0.1, 0.15) is 11.5 Å². The quantitative estimate of drug-likeness (QED) is 0.725. The van der Waals surface area contributed by atoms with Crippen molar-refractivity contribution in [2.75, 3.05) is 5.32 Å². The fourth-order valence-corrected chi connectivity index (χ4v) is 2.73. The highest BCUT2D eigenvalue weighted by Gasteiger charge is 2.15. The lowest BCUT2D eigenvalue weighted by molar-refractivity contribution is 0.101. The third-order valence-corrected chi connectivity index (χ3v) is 4.07. The van der Waals surface area contributed by atoms with Gasteiger partial charge in [0, 0.05) is 24.5 Å². The topological polar surface area (TPSA) is 64.7 Å². The number of rotatable bonds is 5. The molecule has 0 aliphatic carbocycles. The molecule has 1 amide bonds. The standard InChI is InChI=1S/C16H15BrFN5O/c1-2-23-14(7-8-19-23)16(24)20-15-12(17)10-22(21-15)9-11-5-3-4-6-13(11)18/h3-8,10H,2,9H2,1H3,(H,20,21,24). The molecule has 0 saturated heterocycles. The van der Waals surface area contributed by atoms with Gasteiger partial charge in [0.05, 0.1) is 11.0 Å². The predicted octanol–water partition coefficient (Wildman–Crippen LogP) is 3.30. The molecule has 3 rings (SSSR count). The Bertz CT molecular complexity index is 873. The molecule has 0 fully saturated rings. The summed E-state index contributed by atoms with van der Waals surface area (Å²) < 4.78 is 17.5. The molecule has 0 bridgehead atoms. The molecule has 0 spiro atoms. The van der Waals surface area contributed by atoms with Gasteiger partial charge in [0.2, 0.25) is 0 Å². The van der Waals surface area contributed by atoms with Gasteiger partial charge in [-0.1, -0.05) is 18.2 Å². The summed E-state index contributed by atoms with van der Waals surface area (Å²) in [5, 5.41) is 11.1. The van der Waals surface area contributed by atoms with Crippen LogP contribution in [0, 0.1) is 5.82 Å². The van der Waals surface area contributed by atoms with Gasteiger partial charge in [0.15, 0.2) is 5.82 Å². The first-order chi connectivity index (χ1) is 11.6. The van der Waals surface area contributed by atoms with E-state index in [0.29, 0.717) is 28.1 Å². The van der Waals surface area contributed by atoms with E-state index in [1.165, 1.54) is 6.07 Å². The van der Waals surface area contributed by atoms with Crippen molar-refractivity contribution >= 4 is 27.7 Å². The molecule has 2 aromatic heterocycles. The third-order valence-electron chi connectivity index (χ3n) is 3.49. The fourth-order valence-electron chi connectivity index (χ4n) is 2.31. The lowest BCUT2D eigenvalue weighted by atomic mass is 10.2. The van der Waals surface area contributed by atoms with Crippen LogP contribution in [0.2, 0.25) is 0 Å². The smallest absolute Gasteiger partial charge is 0.275 e. The maximum Gasteiger partial charge on any atom is 0.275 e. The largest absolute Gasteiger partial charge is 0.303 e. The number of nitrogens with zero attached hydrogens (tertiary/aromatic N) is 4. The van der Waals surface area contributed by atoms with Crippen LogP contribution in [0.15, 0.2) is 47.2 Å². The van der Waals surface area contributed by atoms with E-state index in [1.54, 1.807) is 46.0 Å². The number of aryl methyl sites for hydroxylation is 1. The number of nitrogens with one attached hydrogen (secondary N) is 1. The summed E-state index contributed by atoms with van der Waals surface area (Å²) in [4.78, 5) is 12.3. The first-order valence-corrected chi connectivity index (χ1v) is 8.17. The van der Waals surface area contributed by atoms with Crippen LogP contribution >= 0.6 is 15.9 Å². The lowest BCUT2D eigenvalue weighted by Gasteiger charge is -2.05. The Balaban J connectivity index is 1.77. The summed E-state index contributed by atoms with van der Waals surface area (Å²) in [6.45, 7) is 2.77. The highest BCUT2D eigenvalue weighted by Crippen LogP contribution is 2.22. The van der Waals surface area contributed by atoms with Crippen LogP contribution in [0.1, 0.15) is 23.0 Å². The van der Waals surface area contributed by atoms with Gasteiger partial charge in [-0.3, -0.25) is 14.2 Å². The van der Waals surface area contributed by atoms with Gasteiger partial charge in [-0.2, -0.15) is 10.2 Å². The Kier molecular flexibility index (Phi) is 4.75. The summed E-state index contributed by atoms with van der Waals surface area (Å²) in [6, 6.07) is 8.15. The van der Waals surface area contributed by atoms with Crippen LogP contribution in [-0.2, 0) is 13.1 Å². The number of hydrogen-bond donors (Lipinski definition) is 1. The SMILES string of the molecule is CCn1nccc1C(=O)Nc1nn(Cc2ccccc2F)cc1Br. The molecule has 0 saturated carbocycles. The summed E-state index contributed by atoms with van der Waals surface area (Å²) in [6.07, 6.45) is 3.27. The molecule has 6 nitrogen and oxygen atoms in total. The second-order valence-electron chi connectivity index (χ2n) is 5.10. The van der Waals surface area contributed by atoms with E-state index in [9.17, 15) is 9.18 Å². The van der Waals surface area contributed by atoms with E-state index in [-0.39, 0.29) is 18.3 Å². The fraction of sp³-hybridized carbons (Fsp3) is 0.188. The Morgan fingerprint density at radius 3 is 2.88 bits per heavy atom. The summed E-state index contributed by atoms with van der Waals surface area (Å²) >= 11 is 3.36. The molecule has 8 heteroatoms. The minimum atomic E-state index is -0.300. The van der Waals surface area contributed by atoms with Crippen molar-refractivity contribution in [2.24, 2.45) is 0 Å². The second-order valence-corrected chi connectivity index (χ2v) is 5.96. The Hall–Kier alpha value is -2.48. The molecule has 0 radical (unpaired) electrons. The number of halogens is 2. The molecule has 1 aromatic carbocycles. The van der Waals surface area contributed by atoms with Crippen LogP contribution in [-0.4, -0.2) is 25.5 Å². The summed E-state index contributed by atoms with van der Waals surface area (Å²) in [5.41, 5.74) is 0.975. The van der Waals surface area contributed by atoms with E-state index < -0.39 is 0 Å². The monoisotopic (exact) mass is 391 g/mol. The lowest BCUT2D eigenvalue weighted by Crippen LogP contribution is -2.18. The minimum Gasteiger partial charge on any atom is -0.303 e. The first kappa shape index (κ1) is 16.4. The molecule has 2 heterocycles. The van der Waals surface area contributed by atoms with Crippen LogP contribution in [0.25, 0.3) is 0 Å². The molecule has 1 N–H and O–H groups in total. The average molecular weight is 392 g/mol. The van der Waals surface area contributed by atoms with E-state index in [1.807, 2.05) is 6.92 Å². The van der Waals surface area contributed by atoms with Crippen molar-refractivity contribution in [3.8, 4) is 0 Å². The van der Waals surface area contributed by atoms with E-state index in [4.69, 9.17) is 0 Å². The Morgan fingerprint density at radius 1 is 1.33 bits per heavy atom. The van der Waals surface area contributed by atoms with Gasteiger partial charge in [-0.05, 0) is 35.0 Å². The molecular formula is C16H15BrFN5O. The molecule has 3 aromatic rings. The summed E-state index contributed by atoms with van der Waals surface area (Å²) in [5.74, 6) is -0.215. The number of aromatic nitrogens is 4. The van der Waals surface area contributed by atoms with Crippen molar-refractivity contribution in [1.29, 1.82) is 0 Å². The minimum absolute atomic E-state index is 0.272. The highest BCUT2D eigenvalue weighted by molar-refractivity contribution is 9.10. The van der Waals surface area contributed by atoms with Crippen LogP contribution in [0.4, 0.5) is 10.2 Å². The first-order valence-electron chi connectivity index (χ1n) is 7.38. The van der Waals surface area contributed by atoms with Crippen molar-refractivity contribution < 1.29 is 9.18 Å². The van der Waals surface area contributed by atoms with Crippen LogP contribution < -0.4 is 5.32 Å². The maximum absolute atomic E-state index is 13.7.